The van der Waals surface area contributed by atoms with Crippen molar-refractivity contribution in [3.05, 3.63) is 11.8 Å². The lowest BCUT2D eigenvalue weighted by molar-refractivity contribution is 0.181. The Morgan fingerprint density at radius 2 is 2.24 bits per heavy atom. The van der Waals surface area contributed by atoms with Crippen LogP contribution < -0.4 is 10.2 Å². The van der Waals surface area contributed by atoms with Gasteiger partial charge in [-0.05, 0) is 20.8 Å². The van der Waals surface area contributed by atoms with Crippen LogP contribution in [-0.2, 0) is 4.74 Å². The molecule has 0 saturated carbocycles. The van der Waals surface area contributed by atoms with Gasteiger partial charge < -0.3 is 15.0 Å². The second-order valence-electron chi connectivity index (χ2n) is 4.04. The van der Waals surface area contributed by atoms with Gasteiger partial charge in [0.15, 0.2) is 0 Å². The Morgan fingerprint density at radius 3 is 2.76 bits per heavy atom. The van der Waals surface area contributed by atoms with Crippen molar-refractivity contribution in [1.29, 1.82) is 0 Å². The summed E-state index contributed by atoms with van der Waals surface area (Å²) >= 11 is 0. The number of aryl methyl sites for hydroxylation is 1. The van der Waals surface area contributed by atoms with Crippen LogP contribution in [0.15, 0.2) is 6.20 Å². The van der Waals surface area contributed by atoms with Gasteiger partial charge in [-0.15, -0.1) is 0 Å². The Kier molecular flexibility index (Phi) is 5.15. The minimum absolute atomic E-state index is 0.295. The minimum atomic E-state index is 0.295. The summed E-state index contributed by atoms with van der Waals surface area (Å²) in [6, 6.07) is 0.295. The molecule has 5 nitrogen and oxygen atoms in total. The summed E-state index contributed by atoms with van der Waals surface area (Å²) in [5.41, 5.74) is 1.08. The van der Waals surface area contributed by atoms with Gasteiger partial charge in [0.05, 0.1) is 12.6 Å². The van der Waals surface area contributed by atoms with Gasteiger partial charge in [0.25, 0.3) is 0 Å². The van der Waals surface area contributed by atoms with Crippen LogP contribution in [0.4, 0.5) is 11.8 Å². The van der Waals surface area contributed by atoms with Crippen LogP contribution in [0.1, 0.15) is 19.4 Å². The summed E-state index contributed by atoms with van der Waals surface area (Å²) in [6.07, 6.45) is 1.84. The lowest BCUT2D eigenvalue weighted by atomic mass is 10.2. The van der Waals surface area contributed by atoms with Crippen LogP contribution in [0.2, 0.25) is 0 Å². The highest BCUT2D eigenvalue weighted by atomic mass is 16.5. The number of methoxy groups -OCH3 is 1. The molecule has 0 radical (unpaired) electrons. The highest BCUT2D eigenvalue weighted by molar-refractivity contribution is 5.49. The maximum Gasteiger partial charge on any atom is 0.224 e. The summed E-state index contributed by atoms with van der Waals surface area (Å²) in [5.74, 6) is 1.62. The first-order valence-corrected chi connectivity index (χ1v) is 5.91. The Balaban J connectivity index is 3.01. The molecule has 96 valence electrons. The largest absolute Gasteiger partial charge is 0.383 e. The summed E-state index contributed by atoms with van der Waals surface area (Å²) in [7, 11) is 3.54. The van der Waals surface area contributed by atoms with E-state index in [2.05, 4.69) is 34.0 Å². The number of hydrogen-bond acceptors (Lipinski definition) is 5. The van der Waals surface area contributed by atoms with Crippen molar-refractivity contribution in [2.75, 3.05) is 37.5 Å². The van der Waals surface area contributed by atoms with E-state index in [0.29, 0.717) is 18.6 Å². The third kappa shape index (κ3) is 3.30. The minimum Gasteiger partial charge on any atom is -0.383 e. The average Bonchev–Trinajstić information content (AvgIpc) is 2.33. The van der Waals surface area contributed by atoms with Crippen LogP contribution in [0.5, 0.6) is 0 Å². The quantitative estimate of drug-likeness (QED) is 0.817. The van der Waals surface area contributed by atoms with Crippen molar-refractivity contribution >= 4 is 11.8 Å². The van der Waals surface area contributed by atoms with Crippen molar-refractivity contribution in [3.63, 3.8) is 0 Å². The van der Waals surface area contributed by atoms with Crippen LogP contribution in [0, 0.1) is 6.92 Å². The van der Waals surface area contributed by atoms with E-state index >= 15 is 0 Å². The number of rotatable bonds is 6. The van der Waals surface area contributed by atoms with Crippen LogP contribution in [0.3, 0.4) is 0 Å². The topological polar surface area (TPSA) is 50.3 Å². The number of anilines is 2. The number of aromatic nitrogens is 2. The molecule has 1 aromatic rings. The summed E-state index contributed by atoms with van der Waals surface area (Å²) in [6.45, 7) is 7.86. The standard InChI is InChI=1S/C12H22N4O/c1-6-16(10(3)8-17-5)11-9(2)7-14-12(13-4)15-11/h7,10H,6,8H2,1-5H3,(H,13,14,15). The van der Waals surface area contributed by atoms with Crippen molar-refractivity contribution in [1.82, 2.24) is 9.97 Å². The van der Waals surface area contributed by atoms with Crippen molar-refractivity contribution < 1.29 is 4.74 Å². The summed E-state index contributed by atoms with van der Waals surface area (Å²) in [5, 5.41) is 2.96. The van der Waals surface area contributed by atoms with Crippen LogP contribution >= 0.6 is 0 Å². The molecule has 5 heteroatoms. The molecule has 1 rings (SSSR count). The normalized spacial score (nSPS) is 12.3. The second-order valence-corrected chi connectivity index (χ2v) is 4.04. The fourth-order valence-electron chi connectivity index (χ4n) is 1.85. The predicted octanol–water partition coefficient (Wildman–Crippen LogP) is 1.69. The first kappa shape index (κ1) is 13.7. The lowest BCUT2D eigenvalue weighted by Gasteiger charge is -2.29. The molecule has 0 bridgehead atoms. The van der Waals surface area contributed by atoms with Crippen molar-refractivity contribution in [2.45, 2.75) is 26.8 Å². The molecule has 0 amide bonds. The van der Waals surface area contributed by atoms with E-state index in [4.69, 9.17) is 4.74 Å². The molecule has 1 atom stereocenters. The molecule has 1 N–H and O–H groups in total. The molecule has 1 aromatic heterocycles. The Hall–Kier alpha value is -1.36. The molecule has 17 heavy (non-hydrogen) atoms. The number of hydrogen-bond donors (Lipinski definition) is 1. The molecule has 0 aliphatic rings. The Bertz CT molecular complexity index is 356. The van der Waals surface area contributed by atoms with Gasteiger partial charge in [0.1, 0.15) is 5.82 Å². The van der Waals surface area contributed by atoms with E-state index in [-0.39, 0.29) is 0 Å². The fraction of sp³-hybridized carbons (Fsp3) is 0.667. The van der Waals surface area contributed by atoms with E-state index in [1.165, 1.54) is 0 Å². The third-order valence-electron chi connectivity index (χ3n) is 2.72. The first-order chi connectivity index (χ1) is 8.13. The molecular formula is C12H22N4O. The summed E-state index contributed by atoms with van der Waals surface area (Å²) in [4.78, 5) is 10.9. The van der Waals surface area contributed by atoms with Gasteiger partial charge in [-0.1, -0.05) is 0 Å². The van der Waals surface area contributed by atoms with E-state index < -0.39 is 0 Å². The molecule has 0 aliphatic carbocycles. The van der Waals surface area contributed by atoms with E-state index in [1.807, 2.05) is 20.2 Å². The lowest BCUT2D eigenvalue weighted by Crippen LogP contribution is -2.37. The van der Waals surface area contributed by atoms with Crippen LogP contribution in [-0.4, -0.2) is 43.3 Å². The smallest absolute Gasteiger partial charge is 0.224 e. The van der Waals surface area contributed by atoms with Gasteiger partial charge in [-0.3, -0.25) is 0 Å². The van der Waals surface area contributed by atoms with Gasteiger partial charge >= 0.3 is 0 Å². The number of nitrogens with one attached hydrogen (secondary N) is 1. The molecule has 0 saturated heterocycles. The van der Waals surface area contributed by atoms with E-state index in [1.54, 1.807) is 7.11 Å². The highest BCUT2D eigenvalue weighted by Crippen LogP contribution is 2.20. The van der Waals surface area contributed by atoms with E-state index in [0.717, 1.165) is 17.9 Å². The first-order valence-electron chi connectivity index (χ1n) is 5.91. The zero-order chi connectivity index (χ0) is 12.8. The van der Waals surface area contributed by atoms with Gasteiger partial charge in [-0.25, -0.2) is 4.98 Å². The van der Waals surface area contributed by atoms with E-state index in [9.17, 15) is 0 Å². The third-order valence-corrected chi connectivity index (χ3v) is 2.72. The molecule has 1 unspecified atom stereocenters. The number of likely N-dealkylation sites (N-methyl/N-ethyl adjacent to an activating group) is 1. The van der Waals surface area contributed by atoms with Crippen molar-refractivity contribution in [3.8, 4) is 0 Å². The van der Waals surface area contributed by atoms with Crippen molar-refractivity contribution in [2.24, 2.45) is 0 Å². The molecular weight excluding hydrogens is 216 g/mol. The second kappa shape index (κ2) is 6.39. The molecule has 0 aromatic carbocycles. The monoisotopic (exact) mass is 238 g/mol. The Morgan fingerprint density at radius 1 is 1.53 bits per heavy atom. The highest BCUT2D eigenvalue weighted by Gasteiger charge is 2.16. The number of nitrogens with zero attached hydrogens (tertiary/aromatic N) is 3. The summed E-state index contributed by atoms with van der Waals surface area (Å²) < 4.78 is 5.20. The maximum absolute atomic E-state index is 5.20. The molecule has 1 heterocycles. The fourth-order valence-corrected chi connectivity index (χ4v) is 1.85. The maximum atomic E-state index is 5.20. The Labute approximate surface area is 103 Å². The van der Waals surface area contributed by atoms with Gasteiger partial charge in [0.2, 0.25) is 5.95 Å². The zero-order valence-electron chi connectivity index (χ0n) is 11.3. The van der Waals surface area contributed by atoms with Crippen LogP contribution in [0.25, 0.3) is 0 Å². The number of ether oxygens (including phenoxy) is 1. The molecule has 0 aliphatic heterocycles. The average molecular weight is 238 g/mol. The molecule has 0 spiro atoms. The predicted molar refractivity (Wildman–Crippen MR) is 70.7 cm³/mol. The SMILES string of the molecule is CCN(c1nc(NC)ncc1C)C(C)COC. The molecule has 0 fully saturated rings. The van der Waals surface area contributed by atoms with Gasteiger partial charge in [0, 0.05) is 32.5 Å². The zero-order valence-corrected chi connectivity index (χ0v) is 11.3. The van der Waals surface area contributed by atoms with Gasteiger partial charge in [-0.2, -0.15) is 4.98 Å².